The zero-order chi connectivity index (χ0) is 13.2. The Bertz CT molecular complexity index is 402. The number of hydrogen-bond acceptors (Lipinski definition) is 4. The molecule has 0 unspecified atom stereocenters. The van der Waals surface area contributed by atoms with Gasteiger partial charge in [-0.3, -0.25) is 0 Å². The van der Waals surface area contributed by atoms with Gasteiger partial charge in [-0.25, -0.2) is 4.98 Å². The molecule has 0 amide bonds. The van der Waals surface area contributed by atoms with Crippen molar-refractivity contribution in [2.45, 2.75) is 25.2 Å². The van der Waals surface area contributed by atoms with E-state index in [4.69, 9.17) is 11.6 Å². The van der Waals surface area contributed by atoms with E-state index in [-0.39, 0.29) is 6.04 Å². The Morgan fingerprint density at radius 2 is 2.39 bits per heavy atom. The van der Waals surface area contributed by atoms with E-state index < -0.39 is 18.8 Å². The smallest absolute Gasteiger partial charge is 0.368 e. The molecule has 1 aromatic heterocycles. The van der Waals surface area contributed by atoms with E-state index in [9.17, 15) is 8.78 Å². The van der Waals surface area contributed by atoms with Gasteiger partial charge in [0.15, 0.2) is 0 Å². The van der Waals surface area contributed by atoms with Crippen LogP contribution < -0.4 is 10.6 Å². The van der Waals surface area contributed by atoms with Crippen LogP contribution >= 0.6 is 11.6 Å². The molecule has 0 radical (unpaired) electrons. The number of rotatable bonds is 3. The third-order valence-corrected chi connectivity index (χ3v) is 2.95. The van der Waals surface area contributed by atoms with Gasteiger partial charge in [0.05, 0.1) is 23.7 Å². The average molecular weight is 278 g/mol. The fraction of sp³-hybridized carbons (Fsp3) is 0.545. The number of halogens is 3. The Balaban J connectivity index is 1.85. The van der Waals surface area contributed by atoms with Crippen LogP contribution in [0.4, 0.5) is 14.6 Å². The minimum absolute atomic E-state index is 0.192. The third-order valence-electron chi connectivity index (χ3n) is 2.73. The molecule has 7 heteroatoms. The fourth-order valence-electron chi connectivity index (χ4n) is 1.74. The SMILES string of the molecule is C[C@@H]1OC(F)(F)CN[C@@H]1CNc1ccc(Cl)cn1. The van der Waals surface area contributed by atoms with Crippen molar-refractivity contribution in [3.05, 3.63) is 23.4 Å². The molecule has 0 aromatic carbocycles. The van der Waals surface area contributed by atoms with E-state index >= 15 is 0 Å². The van der Waals surface area contributed by atoms with Crippen LogP contribution in [0.15, 0.2) is 18.3 Å². The summed E-state index contributed by atoms with van der Waals surface area (Å²) in [6.07, 6.45) is -2.14. The van der Waals surface area contributed by atoms with Crippen molar-refractivity contribution in [1.29, 1.82) is 0 Å². The molecular formula is C11H14ClF2N3O. The van der Waals surface area contributed by atoms with E-state index in [2.05, 4.69) is 20.4 Å². The lowest BCUT2D eigenvalue weighted by Gasteiger charge is -2.35. The van der Waals surface area contributed by atoms with Crippen LogP contribution in [-0.2, 0) is 4.74 Å². The number of hydrogen-bond donors (Lipinski definition) is 2. The molecule has 100 valence electrons. The van der Waals surface area contributed by atoms with Gasteiger partial charge in [0.1, 0.15) is 5.82 Å². The predicted octanol–water partition coefficient (Wildman–Crippen LogP) is 2.12. The summed E-state index contributed by atoms with van der Waals surface area (Å²) in [4.78, 5) is 4.06. The first kappa shape index (κ1) is 13.5. The number of anilines is 1. The summed E-state index contributed by atoms with van der Waals surface area (Å²) >= 11 is 5.71. The molecule has 1 saturated heterocycles. The van der Waals surface area contributed by atoms with E-state index in [0.717, 1.165) is 0 Å². The third kappa shape index (κ3) is 3.51. The first-order valence-corrected chi connectivity index (χ1v) is 5.98. The molecule has 1 aliphatic rings. The highest BCUT2D eigenvalue weighted by molar-refractivity contribution is 6.30. The zero-order valence-electron chi connectivity index (χ0n) is 9.79. The number of morpholine rings is 1. The van der Waals surface area contributed by atoms with Gasteiger partial charge in [-0.2, -0.15) is 8.78 Å². The number of pyridine rings is 1. The first-order chi connectivity index (χ1) is 8.46. The molecule has 2 N–H and O–H groups in total. The minimum atomic E-state index is -3.09. The molecular weight excluding hydrogens is 264 g/mol. The maximum atomic E-state index is 12.9. The van der Waals surface area contributed by atoms with Crippen LogP contribution in [0.5, 0.6) is 0 Å². The molecule has 1 aromatic rings. The van der Waals surface area contributed by atoms with Crippen molar-refractivity contribution in [3.63, 3.8) is 0 Å². The molecule has 1 aliphatic heterocycles. The molecule has 1 fully saturated rings. The summed E-state index contributed by atoms with van der Waals surface area (Å²) in [5.41, 5.74) is 0. The van der Waals surface area contributed by atoms with Gasteiger partial charge in [-0.05, 0) is 19.1 Å². The average Bonchev–Trinajstić information content (AvgIpc) is 2.29. The Labute approximate surface area is 109 Å². The second-order valence-electron chi connectivity index (χ2n) is 4.19. The Morgan fingerprint density at radius 3 is 3.00 bits per heavy atom. The molecule has 2 atom stereocenters. The van der Waals surface area contributed by atoms with Crippen molar-refractivity contribution < 1.29 is 13.5 Å². The van der Waals surface area contributed by atoms with Gasteiger partial charge >= 0.3 is 6.11 Å². The summed E-state index contributed by atoms with van der Waals surface area (Å²) in [6.45, 7) is 1.59. The Morgan fingerprint density at radius 1 is 1.61 bits per heavy atom. The second kappa shape index (κ2) is 5.34. The molecule has 2 rings (SSSR count). The lowest BCUT2D eigenvalue weighted by Crippen LogP contribution is -2.57. The summed E-state index contributed by atoms with van der Waals surface area (Å²) in [5.74, 6) is 0.644. The lowest BCUT2D eigenvalue weighted by molar-refractivity contribution is -0.278. The Hall–Kier alpha value is -0.980. The normalized spacial score (nSPS) is 26.9. The highest BCUT2D eigenvalue weighted by Gasteiger charge is 2.40. The molecule has 0 saturated carbocycles. The number of nitrogens with one attached hydrogen (secondary N) is 2. The number of aromatic nitrogens is 1. The van der Waals surface area contributed by atoms with Crippen molar-refractivity contribution in [3.8, 4) is 0 Å². The van der Waals surface area contributed by atoms with Crippen LogP contribution in [0.1, 0.15) is 6.92 Å². The maximum absolute atomic E-state index is 12.9. The maximum Gasteiger partial charge on any atom is 0.368 e. The quantitative estimate of drug-likeness (QED) is 0.888. The molecule has 2 heterocycles. The van der Waals surface area contributed by atoms with Gasteiger partial charge in [-0.15, -0.1) is 0 Å². The number of alkyl halides is 2. The highest BCUT2D eigenvalue weighted by atomic mass is 35.5. The van der Waals surface area contributed by atoms with Crippen LogP contribution in [0.3, 0.4) is 0 Å². The van der Waals surface area contributed by atoms with E-state index in [1.165, 1.54) is 6.20 Å². The second-order valence-corrected chi connectivity index (χ2v) is 4.63. The van der Waals surface area contributed by atoms with Gasteiger partial charge in [0.25, 0.3) is 0 Å². The van der Waals surface area contributed by atoms with E-state index in [0.29, 0.717) is 17.4 Å². The van der Waals surface area contributed by atoms with Crippen LogP contribution in [0, 0.1) is 0 Å². The predicted molar refractivity (Wildman–Crippen MR) is 65.0 cm³/mol. The van der Waals surface area contributed by atoms with Crippen LogP contribution in [-0.4, -0.2) is 36.3 Å². The fourth-order valence-corrected chi connectivity index (χ4v) is 1.86. The Kier molecular flexibility index (Phi) is 3.99. The first-order valence-electron chi connectivity index (χ1n) is 5.61. The van der Waals surface area contributed by atoms with Crippen molar-refractivity contribution in [2.24, 2.45) is 0 Å². The summed E-state index contributed by atoms with van der Waals surface area (Å²) in [7, 11) is 0. The topological polar surface area (TPSA) is 46.2 Å². The summed E-state index contributed by atoms with van der Waals surface area (Å²) < 4.78 is 30.4. The molecule has 0 spiro atoms. The van der Waals surface area contributed by atoms with Gasteiger partial charge in [0, 0.05) is 12.7 Å². The van der Waals surface area contributed by atoms with Crippen molar-refractivity contribution >= 4 is 17.4 Å². The monoisotopic (exact) mass is 277 g/mol. The molecule has 0 aliphatic carbocycles. The van der Waals surface area contributed by atoms with Crippen molar-refractivity contribution in [2.75, 3.05) is 18.4 Å². The summed E-state index contributed by atoms with van der Waals surface area (Å²) in [5, 5.41) is 6.34. The van der Waals surface area contributed by atoms with Crippen LogP contribution in [0.2, 0.25) is 5.02 Å². The van der Waals surface area contributed by atoms with E-state index in [1.807, 2.05) is 0 Å². The number of nitrogens with zero attached hydrogens (tertiary/aromatic N) is 1. The summed E-state index contributed by atoms with van der Waals surface area (Å²) in [6, 6.07) is 3.24. The van der Waals surface area contributed by atoms with E-state index in [1.54, 1.807) is 19.1 Å². The molecule has 18 heavy (non-hydrogen) atoms. The minimum Gasteiger partial charge on any atom is -0.368 e. The van der Waals surface area contributed by atoms with Gasteiger partial charge < -0.3 is 15.4 Å². The zero-order valence-corrected chi connectivity index (χ0v) is 10.5. The van der Waals surface area contributed by atoms with Gasteiger partial charge in [-0.1, -0.05) is 11.6 Å². The van der Waals surface area contributed by atoms with Crippen molar-refractivity contribution in [1.82, 2.24) is 10.3 Å². The van der Waals surface area contributed by atoms with Crippen LogP contribution in [0.25, 0.3) is 0 Å². The number of ether oxygens (including phenoxy) is 1. The van der Waals surface area contributed by atoms with Gasteiger partial charge in [0.2, 0.25) is 0 Å². The molecule has 0 bridgehead atoms. The highest BCUT2D eigenvalue weighted by Crippen LogP contribution is 2.22. The standard InChI is InChI=1S/C11H14ClF2N3O/c1-7-9(17-6-11(13,14)18-7)5-16-10-3-2-8(12)4-15-10/h2-4,7,9,17H,5-6H2,1H3,(H,15,16)/t7-,9+/m0/s1. The lowest BCUT2D eigenvalue weighted by atomic mass is 10.1. The largest absolute Gasteiger partial charge is 0.368 e. The molecule has 4 nitrogen and oxygen atoms in total.